The molecule has 2 aromatic carbocycles. The summed E-state index contributed by atoms with van der Waals surface area (Å²) in [6.07, 6.45) is 0.396. The molecule has 1 amide bonds. The second-order valence-corrected chi connectivity index (χ2v) is 6.33. The first kappa shape index (κ1) is 18.8. The Balaban J connectivity index is 1.67. The summed E-state index contributed by atoms with van der Waals surface area (Å²) in [7, 11) is 0. The van der Waals surface area contributed by atoms with Gasteiger partial charge in [-0.25, -0.2) is 14.4 Å². The van der Waals surface area contributed by atoms with E-state index in [-0.39, 0.29) is 23.4 Å². The van der Waals surface area contributed by atoms with Crippen molar-refractivity contribution >= 4 is 29.1 Å². The van der Waals surface area contributed by atoms with E-state index in [1.807, 2.05) is 12.1 Å². The van der Waals surface area contributed by atoms with Crippen molar-refractivity contribution in [3.8, 4) is 0 Å². The molecule has 0 spiro atoms. The zero-order valence-corrected chi connectivity index (χ0v) is 15.4. The zero-order valence-electron chi connectivity index (χ0n) is 14.7. The van der Waals surface area contributed by atoms with Gasteiger partial charge in [0, 0.05) is 12.2 Å². The number of benzene rings is 2. The molecule has 0 aliphatic heterocycles. The second-order valence-electron chi connectivity index (χ2n) is 5.92. The van der Waals surface area contributed by atoms with E-state index in [1.54, 1.807) is 43.3 Å². The standard InChI is InChI=1S/C20H18ClFN4O/c1-13-12-18(19(27)23-11-10-14-6-2-4-8-16(14)22)26-20(24-13)25-17-9-5-3-7-15(17)21/h2-9,12H,10-11H2,1H3,(H,23,27)(H,24,25,26). The van der Waals surface area contributed by atoms with Gasteiger partial charge in [0.2, 0.25) is 5.95 Å². The average Bonchev–Trinajstić information content (AvgIpc) is 2.64. The molecule has 5 nitrogen and oxygen atoms in total. The van der Waals surface area contributed by atoms with Gasteiger partial charge in [0.1, 0.15) is 11.5 Å². The Morgan fingerprint density at radius 1 is 1.11 bits per heavy atom. The third-order valence-electron chi connectivity index (χ3n) is 3.84. The molecule has 0 aliphatic carbocycles. The lowest BCUT2D eigenvalue weighted by molar-refractivity contribution is 0.0949. The van der Waals surface area contributed by atoms with Gasteiger partial charge >= 0.3 is 0 Å². The van der Waals surface area contributed by atoms with Crippen molar-refractivity contribution < 1.29 is 9.18 Å². The Morgan fingerprint density at radius 2 is 1.85 bits per heavy atom. The van der Waals surface area contributed by atoms with E-state index in [4.69, 9.17) is 11.6 Å². The average molecular weight is 385 g/mol. The van der Waals surface area contributed by atoms with Gasteiger partial charge in [-0.15, -0.1) is 0 Å². The van der Waals surface area contributed by atoms with E-state index in [0.29, 0.717) is 34.9 Å². The summed E-state index contributed by atoms with van der Waals surface area (Å²) in [6.45, 7) is 2.08. The molecule has 3 aromatic rings. The number of rotatable bonds is 6. The number of para-hydroxylation sites is 1. The van der Waals surface area contributed by atoms with Crippen LogP contribution in [-0.2, 0) is 6.42 Å². The van der Waals surface area contributed by atoms with Gasteiger partial charge in [0.05, 0.1) is 10.7 Å². The molecule has 1 aromatic heterocycles. The van der Waals surface area contributed by atoms with Crippen LogP contribution in [0.3, 0.4) is 0 Å². The van der Waals surface area contributed by atoms with Crippen molar-refractivity contribution in [3.05, 3.63) is 82.4 Å². The summed E-state index contributed by atoms with van der Waals surface area (Å²) in [6, 6.07) is 15.3. The second kappa shape index (κ2) is 8.60. The predicted molar refractivity (Wildman–Crippen MR) is 104 cm³/mol. The maximum atomic E-state index is 13.6. The minimum Gasteiger partial charge on any atom is -0.350 e. The maximum absolute atomic E-state index is 13.6. The number of hydrogen-bond donors (Lipinski definition) is 2. The van der Waals surface area contributed by atoms with Crippen molar-refractivity contribution in [3.63, 3.8) is 0 Å². The van der Waals surface area contributed by atoms with Gasteiger partial charge in [-0.3, -0.25) is 4.79 Å². The Morgan fingerprint density at radius 3 is 2.63 bits per heavy atom. The summed E-state index contributed by atoms with van der Waals surface area (Å²) >= 11 is 6.13. The van der Waals surface area contributed by atoms with Crippen LogP contribution >= 0.6 is 11.6 Å². The Hall–Kier alpha value is -2.99. The highest BCUT2D eigenvalue weighted by molar-refractivity contribution is 6.33. The van der Waals surface area contributed by atoms with E-state index < -0.39 is 0 Å². The largest absolute Gasteiger partial charge is 0.350 e. The van der Waals surface area contributed by atoms with Gasteiger partial charge in [0.25, 0.3) is 5.91 Å². The third-order valence-corrected chi connectivity index (χ3v) is 4.17. The molecule has 0 aliphatic rings. The molecule has 0 atom stereocenters. The Kier molecular flexibility index (Phi) is 5.98. The molecule has 7 heteroatoms. The predicted octanol–water partition coefficient (Wildman–Crippen LogP) is 4.29. The van der Waals surface area contributed by atoms with E-state index in [9.17, 15) is 9.18 Å². The highest BCUT2D eigenvalue weighted by Crippen LogP contribution is 2.23. The number of amides is 1. The minimum absolute atomic E-state index is 0.227. The van der Waals surface area contributed by atoms with Crippen LogP contribution in [0.15, 0.2) is 54.6 Å². The van der Waals surface area contributed by atoms with Gasteiger partial charge in [-0.05, 0) is 43.2 Å². The van der Waals surface area contributed by atoms with Crippen LogP contribution in [0.25, 0.3) is 0 Å². The SMILES string of the molecule is Cc1cc(C(=O)NCCc2ccccc2F)nc(Nc2ccccc2Cl)n1. The lowest BCUT2D eigenvalue weighted by atomic mass is 10.1. The van der Waals surface area contributed by atoms with Crippen LogP contribution in [0.2, 0.25) is 5.02 Å². The molecular weight excluding hydrogens is 367 g/mol. The third kappa shape index (κ3) is 5.01. The van der Waals surface area contributed by atoms with Crippen molar-refractivity contribution in [2.45, 2.75) is 13.3 Å². The fourth-order valence-corrected chi connectivity index (χ4v) is 2.71. The molecule has 0 bridgehead atoms. The summed E-state index contributed by atoms with van der Waals surface area (Å²) in [4.78, 5) is 20.9. The van der Waals surface area contributed by atoms with Crippen LogP contribution in [0.1, 0.15) is 21.7 Å². The summed E-state index contributed by atoms with van der Waals surface area (Å²) < 4.78 is 13.6. The quantitative estimate of drug-likeness (QED) is 0.665. The van der Waals surface area contributed by atoms with Crippen LogP contribution in [-0.4, -0.2) is 22.4 Å². The number of nitrogens with one attached hydrogen (secondary N) is 2. The number of anilines is 2. The van der Waals surface area contributed by atoms with Crippen LogP contribution in [0.4, 0.5) is 16.0 Å². The van der Waals surface area contributed by atoms with E-state index in [2.05, 4.69) is 20.6 Å². The highest BCUT2D eigenvalue weighted by atomic mass is 35.5. The smallest absolute Gasteiger partial charge is 0.270 e. The molecule has 0 saturated heterocycles. The summed E-state index contributed by atoms with van der Waals surface area (Å²) in [5, 5.41) is 6.29. The first-order chi connectivity index (χ1) is 13.0. The van der Waals surface area contributed by atoms with Gasteiger partial charge in [0.15, 0.2) is 0 Å². The van der Waals surface area contributed by atoms with E-state index in [0.717, 1.165) is 0 Å². The molecule has 0 radical (unpaired) electrons. The number of hydrogen-bond acceptors (Lipinski definition) is 4. The topological polar surface area (TPSA) is 66.9 Å². The lowest BCUT2D eigenvalue weighted by Gasteiger charge is -2.10. The Labute approximate surface area is 161 Å². The minimum atomic E-state index is -0.348. The number of aryl methyl sites for hydroxylation is 1. The summed E-state index contributed by atoms with van der Waals surface area (Å²) in [5.74, 6) is -0.350. The number of carbonyl (C=O) groups is 1. The van der Waals surface area contributed by atoms with Gasteiger partial charge in [-0.2, -0.15) is 0 Å². The van der Waals surface area contributed by atoms with Crippen LogP contribution in [0.5, 0.6) is 0 Å². The molecule has 2 N–H and O–H groups in total. The van der Waals surface area contributed by atoms with E-state index >= 15 is 0 Å². The Bertz CT molecular complexity index is 964. The molecular formula is C20H18ClFN4O. The number of halogens is 2. The zero-order chi connectivity index (χ0) is 19.2. The van der Waals surface area contributed by atoms with Crippen molar-refractivity contribution in [1.82, 2.24) is 15.3 Å². The molecule has 0 saturated carbocycles. The first-order valence-electron chi connectivity index (χ1n) is 8.42. The fourth-order valence-electron chi connectivity index (χ4n) is 2.53. The number of aromatic nitrogens is 2. The molecule has 0 fully saturated rings. The van der Waals surface area contributed by atoms with Gasteiger partial charge < -0.3 is 10.6 Å². The van der Waals surface area contributed by atoms with Crippen molar-refractivity contribution in [2.75, 3.05) is 11.9 Å². The molecule has 138 valence electrons. The molecule has 3 rings (SSSR count). The fraction of sp³-hybridized carbons (Fsp3) is 0.150. The summed E-state index contributed by atoms with van der Waals surface area (Å²) in [5.41, 5.74) is 2.07. The van der Waals surface area contributed by atoms with Gasteiger partial charge in [-0.1, -0.05) is 41.9 Å². The molecule has 27 heavy (non-hydrogen) atoms. The molecule has 0 unspecified atom stereocenters. The van der Waals surface area contributed by atoms with Crippen molar-refractivity contribution in [2.24, 2.45) is 0 Å². The maximum Gasteiger partial charge on any atom is 0.270 e. The normalized spacial score (nSPS) is 10.5. The number of nitrogens with zero attached hydrogens (tertiary/aromatic N) is 2. The number of carbonyl (C=O) groups excluding carboxylic acids is 1. The first-order valence-corrected chi connectivity index (χ1v) is 8.79. The van der Waals surface area contributed by atoms with E-state index in [1.165, 1.54) is 6.07 Å². The highest BCUT2D eigenvalue weighted by Gasteiger charge is 2.12. The van der Waals surface area contributed by atoms with Crippen molar-refractivity contribution in [1.29, 1.82) is 0 Å². The lowest BCUT2D eigenvalue weighted by Crippen LogP contribution is -2.27. The van der Waals surface area contributed by atoms with Crippen LogP contribution in [0, 0.1) is 12.7 Å². The molecule has 1 heterocycles. The monoisotopic (exact) mass is 384 g/mol. The van der Waals surface area contributed by atoms with Crippen LogP contribution < -0.4 is 10.6 Å².